The van der Waals surface area contributed by atoms with E-state index < -0.39 is 17.5 Å². The van der Waals surface area contributed by atoms with E-state index in [1.807, 2.05) is 0 Å². The summed E-state index contributed by atoms with van der Waals surface area (Å²) in [5.41, 5.74) is 1.75. The number of hydrogen-bond acceptors (Lipinski definition) is 5. The van der Waals surface area contributed by atoms with Gasteiger partial charge >= 0.3 is 0 Å². The van der Waals surface area contributed by atoms with Crippen LogP contribution >= 0.6 is 12.2 Å². The van der Waals surface area contributed by atoms with Crippen LogP contribution in [0.4, 0.5) is 13.2 Å². The maximum absolute atomic E-state index is 15.0. The Kier molecular flexibility index (Phi) is 5.21. The Morgan fingerprint density at radius 1 is 1.03 bits per heavy atom. The summed E-state index contributed by atoms with van der Waals surface area (Å²) < 4.78 is 45.5. The molecular formula is C23H15F3N6S. The molecule has 5 rings (SSSR count). The predicted molar refractivity (Wildman–Crippen MR) is 121 cm³/mol. The first-order chi connectivity index (χ1) is 16.0. The third kappa shape index (κ3) is 3.68. The quantitative estimate of drug-likeness (QED) is 0.402. The zero-order valence-corrected chi connectivity index (χ0v) is 18.0. The van der Waals surface area contributed by atoms with Gasteiger partial charge < -0.3 is 5.32 Å². The Bertz CT molecular complexity index is 1550. The largest absolute Gasteiger partial charge is 0.379 e. The number of rotatable bonds is 4. The van der Waals surface area contributed by atoms with E-state index in [-0.39, 0.29) is 39.2 Å². The van der Waals surface area contributed by atoms with Crippen molar-refractivity contribution in [2.75, 3.05) is 7.05 Å². The summed E-state index contributed by atoms with van der Waals surface area (Å²) in [6.07, 6.45) is 4.41. The molecule has 10 heteroatoms. The first-order valence-electron chi connectivity index (χ1n) is 9.89. The molecule has 0 radical (unpaired) electrons. The van der Waals surface area contributed by atoms with Crippen LogP contribution in [-0.4, -0.2) is 36.6 Å². The highest BCUT2D eigenvalue weighted by Gasteiger charge is 2.17. The van der Waals surface area contributed by atoms with E-state index in [0.29, 0.717) is 17.0 Å². The minimum absolute atomic E-state index is 0.0244. The number of imidazole rings is 1. The van der Waals surface area contributed by atoms with Gasteiger partial charge in [0.1, 0.15) is 33.7 Å². The van der Waals surface area contributed by atoms with E-state index in [4.69, 9.17) is 12.2 Å². The van der Waals surface area contributed by atoms with Gasteiger partial charge in [0.15, 0.2) is 0 Å². The summed E-state index contributed by atoms with van der Waals surface area (Å²) in [6, 6.07) is 8.71. The van der Waals surface area contributed by atoms with Gasteiger partial charge in [-0.3, -0.25) is 4.98 Å². The van der Waals surface area contributed by atoms with Crippen molar-refractivity contribution in [1.29, 1.82) is 0 Å². The number of hydrogen-bond donors (Lipinski definition) is 1. The molecule has 0 atom stereocenters. The van der Waals surface area contributed by atoms with E-state index in [1.165, 1.54) is 35.2 Å². The molecule has 0 aliphatic rings. The van der Waals surface area contributed by atoms with E-state index >= 15 is 4.39 Å². The van der Waals surface area contributed by atoms with Crippen molar-refractivity contribution in [3.05, 3.63) is 89.3 Å². The molecule has 0 saturated carbocycles. The Morgan fingerprint density at radius 2 is 1.85 bits per heavy atom. The Hall–Kier alpha value is -3.92. The number of nitrogens with zero attached hydrogens (tertiary/aromatic N) is 5. The van der Waals surface area contributed by atoms with Crippen LogP contribution in [0.5, 0.6) is 0 Å². The fourth-order valence-corrected chi connectivity index (χ4v) is 3.79. The minimum atomic E-state index is -0.613. The molecule has 0 spiro atoms. The Morgan fingerprint density at radius 3 is 2.64 bits per heavy atom. The topological polar surface area (TPSA) is 68.0 Å². The summed E-state index contributed by atoms with van der Waals surface area (Å²) in [6.45, 7) is 0. The molecule has 5 aromatic rings. The Labute approximate surface area is 191 Å². The Balaban J connectivity index is 1.55. The van der Waals surface area contributed by atoms with Gasteiger partial charge in [0, 0.05) is 36.2 Å². The molecule has 1 N–H and O–H groups in total. The second kappa shape index (κ2) is 8.21. The monoisotopic (exact) mass is 464 g/mol. The van der Waals surface area contributed by atoms with Gasteiger partial charge in [-0.25, -0.2) is 27.7 Å². The van der Waals surface area contributed by atoms with Crippen LogP contribution in [0.25, 0.3) is 27.9 Å². The van der Waals surface area contributed by atoms with Crippen molar-refractivity contribution >= 4 is 33.9 Å². The number of nitrogens with one attached hydrogen (secondary N) is 1. The predicted octanol–water partition coefficient (Wildman–Crippen LogP) is 4.24. The lowest BCUT2D eigenvalue weighted by Crippen LogP contribution is -2.17. The maximum atomic E-state index is 15.0. The zero-order chi connectivity index (χ0) is 23.1. The number of halogens is 3. The van der Waals surface area contributed by atoms with Crippen LogP contribution in [0, 0.1) is 17.5 Å². The molecule has 3 heterocycles. The highest BCUT2D eigenvalue weighted by molar-refractivity contribution is 7.80. The van der Waals surface area contributed by atoms with E-state index in [2.05, 4.69) is 25.4 Å². The van der Waals surface area contributed by atoms with Gasteiger partial charge in [-0.15, -0.1) is 0 Å². The average molecular weight is 464 g/mol. The molecule has 6 nitrogen and oxygen atoms in total. The van der Waals surface area contributed by atoms with Crippen molar-refractivity contribution in [3.8, 4) is 11.3 Å². The van der Waals surface area contributed by atoms with E-state index in [9.17, 15) is 8.78 Å². The first kappa shape index (κ1) is 21.0. The molecule has 164 valence electrons. The fourth-order valence-electron chi connectivity index (χ4n) is 3.62. The molecular weight excluding hydrogens is 449 g/mol. The highest BCUT2D eigenvalue weighted by atomic mass is 32.1. The molecule has 0 bridgehead atoms. The smallest absolute Gasteiger partial charge is 0.250 e. The maximum Gasteiger partial charge on any atom is 0.250 e. The van der Waals surface area contributed by atoms with Crippen molar-refractivity contribution in [1.82, 2.24) is 29.9 Å². The number of aromatic nitrogens is 5. The molecule has 0 aliphatic heterocycles. The lowest BCUT2D eigenvalue weighted by Gasteiger charge is -2.09. The molecule has 0 fully saturated rings. The molecule has 3 aromatic heterocycles. The van der Waals surface area contributed by atoms with Crippen molar-refractivity contribution in [2.45, 2.75) is 6.42 Å². The third-order valence-electron chi connectivity index (χ3n) is 5.26. The summed E-state index contributed by atoms with van der Waals surface area (Å²) in [5, 5.41) is 7.34. The van der Waals surface area contributed by atoms with Gasteiger partial charge in [-0.1, -0.05) is 18.3 Å². The summed E-state index contributed by atoms with van der Waals surface area (Å²) >= 11 is 5.10. The van der Waals surface area contributed by atoms with Crippen molar-refractivity contribution in [2.24, 2.45) is 0 Å². The number of fused-ring (bicyclic) bond motifs is 2. The standard InChI is InChI=1S/C23H15F3N6S/c1-27-22(33)15-5-4-12(8-17(15)24)19-11-30-23-29-10-14(32(23)31-19)7-13-9-18(25)21-16(20(13)26)3-2-6-28-21/h2-6,8-11H,7H2,1H3,(H,27,33). The second-order valence-electron chi connectivity index (χ2n) is 7.29. The summed E-state index contributed by atoms with van der Waals surface area (Å²) in [4.78, 5) is 12.7. The van der Waals surface area contributed by atoms with Gasteiger partial charge in [0.2, 0.25) is 0 Å². The lowest BCUT2D eigenvalue weighted by atomic mass is 10.1. The van der Waals surface area contributed by atoms with Gasteiger partial charge in [-0.2, -0.15) is 5.10 Å². The average Bonchev–Trinajstić information content (AvgIpc) is 3.23. The highest BCUT2D eigenvalue weighted by Crippen LogP contribution is 2.25. The number of thiocarbonyl (C=S) groups is 1. The second-order valence-corrected chi connectivity index (χ2v) is 7.69. The van der Waals surface area contributed by atoms with Crippen LogP contribution in [0.3, 0.4) is 0 Å². The van der Waals surface area contributed by atoms with Gasteiger partial charge in [0.25, 0.3) is 5.78 Å². The van der Waals surface area contributed by atoms with Crippen molar-refractivity contribution in [3.63, 3.8) is 0 Å². The molecule has 0 amide bonds. The normalized spacial score (nSPS) is 11.3. The SMILES string of the molecule is CNC(=S)c1ccc(-c2cnc3ncc(Cc4cc(F)c5ncccc5c4F)n3n2)cc1F. The third-order valence-corrected chi connectivity index (χ3v) is 5.69. The molecule has 0 unspecified atom stereocenters. The summed E-state index contributed by atoms with van der Waals surface area (Å²) in [7, 11) is 1.62. The van der Waals surface area contributed by atoms with E-state index in [1.54, 1.807) is 25.2 Å². The fraction of sp³-hybridized carbons (Fsp3) is 0.0870. The zero-order valence-electron chi connectivity index (χ0n) is 17.2. The molecule has 2 aromatic carbocycles. The number of pyridine rings is 1. The lowest BCUT2D eigenvalue weighted by molar-refractivity contribution is 0.602. The van der Waals surface area contributed by atoms with Crippen LogP contribution in [0.1, 0.15) is 16.8 Å². The molecule has 33 heavy (non-hydrogen) atoms. The van der Waals surface area contributed by atoms with Gasteiger partial charge in [0.05, 0.1) is 18.1 Å². The molecule has 0 saturated heterocycles. The van der Waals surface area contributed by atoms with Crippen LogP contribution < -0.4 is 5.32 Å². The van der Waals surface area contributed by atoms with Crippen LogP contribution in [-0.2, 0) is 6.42 Å². The van der Waals surface area contributed by atoms with Crippen LogP contribution in [0.2, 0.25) is 0 Å². The van der Waals surface area contributed by atoms with Crippen molar-refractivity contribution < 1.29 is 13.2 Å². The van der Waals surface area contributed by atoms with E-state index in [0.717, 1.165) is 6.07 Å². The van der Waals surface area contributed by atoms with Crippen LogP contribution in [0.15, 0.2) is 55.0 Å². The minimum Gasteiger partial charge on any atom is -0.379 e. The summed E-state index contributed by atoms with van der Waals surface area (Å²) in [5.74, 6) is -1.39. The first-order valence-corrected chi connectivity index (χ1v) is 10.3. The number of benzene rings is 2. The van der Waals surface area contributed by atoms with Gasteiger partial charge in [-0.05, 0) is 35.9 Å². The molecule has 0 aliphatic carbocycles.